The van der Waals surface area contributed by atoms with E-state index in [9.17, 15) is 0 Å². The largest absolute Gasteiger partial charge is 0.493 e. The molecule has 7 heteroatoms. The quantitative estimate of drug-likeness (QED) is 0.496. The minimum atomic E-state index is 0.505. The summed E-state index contributed by atoms with van der Waals surface area (Å²) >= 11 is 0. The van der Waals surface area contributed by atoms with Gasteiger partial charge in [0.25, 0.3) is 0 Å². The number of aryl methyl sites for hydroxylation is 1. The van der Waals surface area contributed by atoms with Gasteiger partial charge in [-0.3, -0.25) is 4.99 Å². The Morgan fingerprint density at radius 1 is 1.04 bits per heavy atom. The first-order valence-electron chi connectivity index (χ1n) is 8.86. The number of fused-ring (bicyclic) bond motifs is 1. The number of rotatable bonds is 6. The fourth-order valence-corrected chi connectivity index (χ4v) is 3.03. The van der Waals surface area contributed by atoms with E-state index in [0.29, 0.717) is 29.8 Å². The maximum atomic E-state index is 5.95. The molecule has 0 saturated heterocycles. The Morgan fingerprint density at radius 3 is 2.29 bits per heavy atom. The van der Waals surface area contributed by atoms with E-state index in [4.69, 9.17) is 18.6 Å². The fourth-order valence-electron chi connectivity index (χ4n) is 3.03. The van der Waals surface area contributed by atoms with Crippen molar-refractivity contribution >= 4 is 22.6 Å². The molecule has 3 aromatic rings. The Hall–Kier alpha value is -3.35. The number of ether oxygens (including phenoxy) is 3. The van der Waals surface area contributed by atoms with Crippen molar-refractivity contribution in [3.05, 3.63) is 47.7 Å². The molecule has 28 heavy (non-hydrogen) atoms. The summed E-state index contributed by atoms with van der Waals surface area (Å²) in [4.78, 5) is 4.28. The van der Waals surface area contributed by atoms with E-state index in [-0.39, 0.29) is 0 Å². The SMILES string of the molecule is CN=C(NCc1oc2ccccc2c1C)Nc1cc(OC)c(OC)c(OC)c1. The number of furan rings is 1. The molecule has 0 aliphatic rings. The third-order valence-corrected chi connectivity index (χ3v) is 4.51. The summed E-state index contributed by atoms with van der Waals surface area (Å²) < 4.78 is 22.1. The summed E-state index contributed by atoms with van der Waals surface area (Å²) in [7, 11) is 6.44. The summed E-state index contributed by atoms with van der Waals surface area (Å²) in [6.45, 7) is 2.56. The van der Waals surface area contributed by atoms with Gasteiger partial charge < -0.3 is 29.3 Å². The van der Waals surface area contributed by atoms with Crippen LogP contribution in [-0.2, 0) is 6.54 Å². The predicted octanol–water partition coefficient (Wildman–Crippen LogP) is 3.95. The molecule has 148 valence electrons. The summed E-state index contributed by atoms with van der Waals surface area (Å²) in [5, 5.41) is 7.62. The highest BCUT2D eigenvalue weighted by atomic mass is 16.5. The van der Waals surface area contributed by atoms with E-state index < -0.39 is 0 Å². The number of hydrogen-bond acceptors (Lipinski definition) is 5. The van der Waals surface area contributed by atoms with Gasteiger partial charge in [0.05, 0.1) is 27.9 Å². The van der Waals surface area contributed by atoms with Crippen LogP contribution in [0.15, 0.2) is 45.8 Å². The van der Waals surface area contributed by atoms with E-state index in [1.165, 1.54) is 0 Å². The number of guanidine groups is 1. The second kappa shape index (κ2) is 8.56. The van der Waals surface area contributed by atoms with Crippen molar-refractivity contribution < 1.29 is 18.6 Å². The fraction of sp³-hybridized carbons (Fsp3) is 0.286. The zero-order chi connectivity index (χ0) is 20.1. The minimum absolute atomic E-state index is 0.505. The molecule has 0 fully saturated rings. The Labute approximate surface area is 164 Å². The van der Waals surface area contributed by atoms with Gasteiger partial charge in [0.15, 0.2) is 17.5 Å². The number of benzene rings is 2. The van der Waals surface area contributed by atoms with Gasteiger partial charge in [-0.15, -0.1) is 0 Å². The van der Waals surface area contributed by atoms with Gasteiger partial charge in [0.2, 0.25) is 5.75 Å². The van der Waals surface area contributed by atoms with Crippen LogP contribution in [0.5, 0.6) is 17.2 Å². The molecule has 0 amide bonds. The van der Waals surface area contributed by atoms with Gasteiger partial charge in [-0.2, -0.15) is 0 Å². The molecule has 0 bridgehead atoms. The third kappa shape index (κ3) is 3.83. The second-order valence-electron chi connectivity index (χ2n) is 6.11. The number of hydrogen-bond donors (Lipinski definition) is 2. The van der Waals surface area contributed by atoms with Crippen molar-refractivity contribution in [1.82, 2.24) is 5.32 Å². The average molecular weight is 383 g/mol. The monoisotopic (exact) mass is 383 g/mol. The van der Waals surface area contributed by atoms with Crippen LogP contribution in [0.1, 0.15) is 11.3 Å². The van der Waals surface area contributed by atoms with Gasteiger partial charge in [0.1, 0.15) is 11.3 Å². The van der Waals surface area contributed by atoms with Crippen LogP contribution in [0, 0.1) is 6.92 Å². The van der Waals surface area contributed by atoms with Crippen LogP contribution in [0.3, 0.4) is 0 Å². The lowest BCUT2D eigenvalue weighted by atomic mass is 10.1. The maximum absolute atomic E-state index is 5.95. The molecule has 0 radical (unpaired) electrons. The Bertz CT molecular complexity index is 969. The molecule has 2 N–H and O–H groups in total. The van der Waals surface area contributed by atoms with Crippen LogP contribution >= 0.6 is 0 Å². The van der Waals surface area contributed by atoms with E-state index in [2.05, 4.69) is 28.6 Å². The lowest BCUT2D eigenvalue weighted by Crippen LogP contribution is -2.30. The van der Waals surface area contributed by atoms with Crippen LogP contribution in [0.2, 0.25) is 0 Å². The van der Waals surface area contributed by atoms with Crippen molar-refractivity contribution in [3.8, 4) is 17.2 Å². The molecule has 1 heterocycles. The molecule has 0 aliphatic carbocycles. The third-order valence-electron chi connectivity index (χ3n) is 4.51. The second-order valence-corrected chi connectivity index (χ2v) is 6.11. The zero-order valence-corrected chi connectivity index (χ0v) is 16.8. The van der Waals surface area contributed by atoms with Crippen LogP contribution in [0.4, 0.5) is 5.69 Å². The number of methoxy groups -OCH3 is 3. The van der Waals surface area contributed by atoms with Gasteiger partial charge in [-0.25, -0.2) is 0 Å². The average Bonchev–Trinajstić information content (AvgIpc) is 3.06. The molecular formula is C21H25N3O4. The van der Waals surface area contributed by atoms with E-state index in [1.54, 1.807) is 28.4 Å². The normalized spacial score (nSPS) is 11.4. The highest BCUT2D eigenvalue weighted by Crippen LogP contribution is 2.39. The minimum Gasteiger partial charge on any atom is -0.493 e. The van der Waals surface area contributed by atoms with E-state index >= 15 is 0 Å². The molecule has 2 aromatic carbocycles. The molecule has 3 rings (SSSR count). The van der Waals surface area contributed by atoms with Crippen molar-refractivity contribution in [1.29, 1.82) is 0 Å². The highest BCUT2D eigenvalue weighted by Gasteiger charge is 2.15. The van der Waals surface area contributed by atoms with Crippen LogP contribution < -0.4 is 24.8 Å². The number of nitrogens with one attached hydrogen (secondary N) is 2. The Morgan fingerprint density at radius 2 is 1.71 bits per heavy atom. The number of anilines is 1. The maximum Gasteiger partial charge on any atom is 0.203 e. The van der Waals surface area contributed by atoms with E-state index in [1.807, 2.05) is 30.3 Å². The lowest BCUT2D eigenvalue weighted by molar-refractivity contribution is 0.324. The molecule has 0 aliphatic heterocycles. The van der Waals surface area contributed by atoms with Crippen LogP contribution in [0.25, 0.3) is 11.0 Å². The topological polar surface area (TPSA) is 77.3 Å². The first kappa shape index (κ1) is 19.4. The number of para-hydroxylation sites is 1. The van der Waals surface area contributed by atoms with Gasteiger partial charge in [-0.05, 0) is 13.0 Å². The molecule has 0 atom stereocenters. The lowest BCUT2D eigenvalue weighted by Gasteiger charge is -2.16. The standard InChI is InChI=1S/C21H25N3O4/c1-13-15-8-6-7-9-16(15)28-19(13)12-23-21(22-2)24-14-10-17(25-3)20(27-5)18(11-14)26-4/h6-11H,12H2,1-5H3,(H2,22,23,24). The van der Waals surface area contributed by atoms with Crippen LogP contribution in [-0.4, -0.2) is 34.3 Å². The number of nitrogens with zero attached hydrogens (tertiary/aromatic N) is 1. The van der Waals surface area contributed by atoms with E-state index in [0.717, 1.165) is 28.0 Å². The zero-order valence-electron chi connectivity index (χ0n) is 16.8. The molecule has 1 aromatic heterocycles. The Kier molecular flexibility index (Phi) is 5.93. The van der Waals surface area contributed by atoms with Crippen molar-refractivity contribution in [3.63, 3.8) is 0 Å². The van der Waals surface area contributed by atoms with Gasteiger partial charge in [-0.1, -0.05) is 18.2 Å². The molecule has 7 nitrogen and oxygen atoms in total. The summed E-state index contributed by atoms with van der Waals surface area (Å²) in [6.07, 6.45) is 0. The predicted molar refractivity (Wildman–Crippen MR) is 111 cm³/mol. The molecular weight excluding hydrogens is 358 g/mol. The molecule has 0 spiro atoms. The highest BCUT2D eigenvalue weighted by molar-refractivity contribution is 5.94. The van der Waals surface area contributed by atoms with Crippen molar-refractivity contribution in [2.24, 2.45) is 4.99 Å². The smallest absolute Gasteiger partial charge is 0.203 e. The van der Waals surface area contributed by atoms with Crippen molar-refractivity contribution in [2.75, 3.05) is 33.7 Å². The summed E-state index contributed by atoms with van der Waals surface area (Å²) in [5.74, 6) is 3.13. The van der Waals surface area contributed by atoms with Gasteiger partial charge in [0, 0.05) is 35.8 Å². The molecule has 0 unspecified atom stereocenters. The summed E-state index contributed by atoms with van der Waals surface area (Å²) in [6, 6.07) is 11.6. The van der Waals surface area contributed by atoms with Crippen molar-refractivity contribution in [2.45, 2.75) is 13.5 Å². The first-order chi connectivity index (χ1) is 13.6. The van der Waals surface area contributed by atoms with Gasteiger partial charge >= 0.3 is 0 Å². The number of aliphatic imine (C=N–C) groups is 1. The Balaban J connectivity index is 1.76. The first-order valence-corrected chi connectivity index (χ1v) is 8.86. The summed E-state index contributed by atoms with van der Waals surface area (Å²) in [5.41, 5.74) is 2.75. The molecule has 0 saturated carbocycles.